The second kappa shape index (κ2) is 7.75. The van der Waals surface area contributed by atoms with E-state index in [0.717, 1.165) is 0 Å². The van der Waals surface area contributed by atoms with E-state index in [0.29, 0.717) is 8.55 Å². The molecule has 0 aromatic heterocycles. The van der Waals surface area contributed by atoms with Crippen molar-refractivity contribution in [2.75, 3.05) is 19.6 Å². The number of hydrogen-bond donors (Lipinski definition) is 0. The molecule has 0 radical (unpaired) electrons. The lowest BCUT2D eigenvalue weighted by Gasteiger charge is -2.46. The summed E-state index contributed by atoms with van der Waals surface area (Å²) < 4.78 is 5.53. The van der Waals surface area contributed by atoms with Gasteiger partial charge in [0, 0.05) is 28.2 Å². The van der Waals surface area contributed by atoms with Crippen molar-refractivity contribution in [3.63, 3.8) is 0 Å². The third-order valence-electron chi connectivity index (χ3n) is 2.87. The summed E-state index contributed by atoms with van der Waals surface area (Å²) in [6.07, 6.45) is 3.94. The smallest absolute Gasteiger partial charge is 0.0995 e. The molecule has 15 heavy (non-hydrogen) atoms. The standard InChI is InChI=1S/C9H27N3Si3/c1-4-7-10-11(8-5-2)13-15-14-12(10)9-6-3/h4-9,13-15H2,1-3H3. The maximum absolute atomic E-state index is 2.77. The molecule has 1 saturated heterocycles. The van der Waals surface area contributed by atoms with Crippen LogP contribution in [0.15, 0.2) is 0 Å². The Hall–Kier alpha value is 0.531. The van der Waals surface area contributed by atoms with Gasteiger partial charge in [-0.25, -0.2) is 0 Å². The van der Waals surface area contributed by atoms with E-state index in [4.69, 9.17) is 0 Å². The van der Waals surface area contributed by atoms with E-state index in [2.05, 4.69) is 35.2 Å². The highest BCUT2D eigenvalue weighted by atomic mass is 29.5. The molecule has 0 aromatic carbocycles. The lowest BCUT2D eigenvalue weighted by molar-refractivity contribution is -0.0868. The van der Waals surface area contributed by atoms with Crippen molar-refractivity contribution in [1.29, 1.82) is 0 Å². The Labute approximate surface area is 101 Å². The third-order valence-corrected chi connectivity index (χ3v) is 16.5. The second-order valence-electron chi connectivity index (χ2n) is 4.36. The predicted molar refractivity (Wildman–Crippen MR) is 76.6 cm³/mol. The lowest BCUT2D eigenvalue weighted by atomic mass is 10.5. The highest BCUT2D eigenvalue weighted by molar-refractivity contribution is 7.28. The highest BCUT2D eigenvalue weighted by Gasteiger charge is 2.25. The Balaban J connectivity index is 2.53. The fraction of sp³-hybridized carbons (Fsp3) is 1.00. The zero-order valence-electron chi connectivity index (χ0n) is 10.7. The Morgan fingerprint density at radius 1 is 0.733 bits per heavy atom. The molecule has 1 aliphatic heterocycles. The van der Waals surface area contributed by atoms with Crippen LogP contribution in [0.3, 0.4) is 0 Å². The number of hydrogen-bond acceptors (Lipinski definition) is 3. The molecular formula is C9H27N3Si3. The first kappa shape index (κ1) is 13.6. The van der Waals surface area contributed by atoms with Crippen molar-refractivity contribution >= 4 is 27.0 Å². The quantitative estimate of drug-likeness (QED) is 0.576. The van der Waals surface area contributed by atoms with Crippen molar-refractivity contribution in [2.24, 2.45) is 0 Å². The monoisotopic (exact) mass is 261 g/mol. The fourth-order valence-electron chi connectivity index (χ4n) is 2.30. The summed E-state index contributed by atoms with van der Waals surface area (Å²) in [5.74, 6) is 0. The molecule has 0 aromatic rings. The summed E-state index contributed by atoms with van der Waals surface area (Å²) in [6.45, 7) is 10.9. The van der Waals surface area contributed by atoms with Crippen LogP contribution in [0.5, 0.6) is 0 Å². The van der Waals surface area contributed by atoms with Gasteiger partial charge in [-0.3, -0.25) is 9.35 Å². The van der Waals surface area contributed by atoms with Crippen LogP contribution in [0.2, 0.25) is 0 Å². The maximum Gasteiger partial charge on any atom is 0.0995 e. The Morgan fingerprint density at radius 3 is 1.60 bits per heavy atom. The Kier molecular flexibility index (Phi) is 7.02. The van der Waals surface area contributed by atoms with E-state index in [1.54, 1.807) is 0 Å². The molecule has 1 aliphatic rings. The van der Waals surface area contributed by atoms with Gasteiger partial charge < -0.3 is 0 Å². The van der Waals surface area contributed by atoms with E-state index in [1.165, 1.54) is 38.9 Å². The minimum Gasteiger partial charge on any atom is -0.262 e. The van der Waals surface area contributed by atoms with Gasteiger partial charge in [-0.2, -0.15) is 5.12 Å². The Bertz CT molecular complexity index is 153. The first-order valence-corrected chi connectivity index (χ1v) is 15.9. The van der Waals surface area contributed by atoms with Crippen molar-refractivity contribution in [3.8, 4) is 0 Å². The summed E-state index contributed by atoms with van der Waals surface area (Å²) in [7, 11) is 0.839. The van der Waals surface area contributed by atoms with E-state index in [9.17, 15) is 0 Å². The molecule has 0 atom stereocenters. The molecule has 6 heteroatoms. The van der Waals surface area contributed by atoms with E-state index >= 15 is 0 Å². The molecule has 0 amide bonds. The summed E-state index contributed by atoms with van der Waals surface area (Å²) in [6, 6.07) is 0. The molecular weight excluding hydrogens is 234 g/mol. The topological polar surface area (TPSA) is 9.72 Å². The van der Waals surface area contributed by atoms with Gasteiger partial charge in [0.05, 0.1) is 18.4 Å². The van der Waals surface area contributed by atoms with Gasteiger partial charge in [0.25, 0.3) is 0 Å². The fourth-order valence-corrected chi connectivity index (χ4v) is 18.7. The molecule has 0 N–H and O–H groups in total. The van der Waals surface area contributed by atoms with Crippen LogP contribution in [0, 0.1) is 0 Å². The van der Waals surface area contributed by atoms with Crippen molar-refractivity contribution in [2.45, 2.75) is 40.0 Å². The van der Waals surface area contributed by atoms with Crippen LogP contribution in [0.25, 0.3) is 0 Å². The van der Waals surface area contributed by atoms with E-state index < -0.39 is 0 Å². The zero-order chi connectivity index (χ0) is 11.1. The molecule has 0 saturated carbocycles. The molecule has 0 spiro atoms. The highest BCUT2D eigenvalue weighted by Crippen LogP contribution is 2.08. The summed E-state index contributed by atoms with van der Waals surface area (Å²) in [5.41, 5.74) is 0. The van der Waals surface area contributed by atoms with Gasteiger partial charge in [-0.15, -0.1) is 0 Å². The third kappa shape index (κ3) is 4.12. The molecule has 0 bridgehead atoms. The SMILES string of the molecule is CCCN1[SiH2][SiH2][SiH2]N(CCC)N1CCC. The lowest BCUT2D eigenvalue weighted by Crippen LogP contribution is -2.64. The largest absolute Gasteiger partial charge is 0.262 e. The van der Waals surface area contributed by atoms with Crippen LogP contribution in [0.1, 0.15) is 40.0 Å². The van der Waals surface area contributed by atoms with Gasteiger partial charge in [0.2, 0.25) is 0 Å². The molecule has 1 fully saturated rings. The molecule has 0 aliphatic carbocycles. The predicted octanol–water partition coefficient (Wildman–Crippen LogP) is -0.868. The first-order chi connectivity index (χ1) is 7.33. The summed E-state index contributed by atoms with van der Waals surface area (Å²) >= 11 is 0. The van der Waals surface area contributed by atoms with Gasteiger partial charge in [-0.05, 0) is 19.3 Å². The minimum absolute atomic E-state index is 0.213. The van der Waals surface area contributed by atoms with Crippen LogP contribution in [-0.2, 0) is 0 Å². The molecule has 90 valence electrons. The molecule has 0 unspecified atom stereocenters. The average molecular weight is 262 g/mol. The van der Waals surface area contributed by atoms with Gasteiger partial charge in [0.1, 0.15) is 0 Å². The first-order valence-electron chi connectivity index (χ1n) is 6.60. The van der Waals surface area contributed by atoms with Crippen LogP contribution < -0.4 is 0 Å². The number of nitrogens with zero attached hydrogens (tertiary/aromatic N) is 3. The van der Waals surface area contributed by atoms with Crippen LogP contribution in [-0.4, -0.2) is 61.1 Å². The van der Waals surface area contributed by atoms with Crippen molar-refractivity contribution < 1.29 is 0 Å². The molecule has 3 nitrogen and oxygen atoms in total. The van der Waals surface area contributed by atoms with Gasteiger partial charge in [0.15, 0.2) is 0 Å². The number of rotatable bonds is 6. The van der Waals surface area contributed by atoms with Gasteiger partial charge >= 0.3 is 0 Å². The van der Waals surface area contributed by atoms with Gasteiger partial charge in [-0.1, -0.05) is 20.8 Å². The zero-order valence-corrected chi connectivity index (χ0v) is 14.9. The minimum atomic E-state index is 0.213. The summed E-state index contributed by atoms with van der Waals surface area (Å²) in [5, 5.41) is 2.65. The van der Waals surface area contributed by atoms with Crippen LogP contribution >= 0.6 is 0 Å². The Morgan fingerprint density at radius 2 is 1.20 bits per heavy atom. The van der Waals surface area contributed by atoms with E-state index in [-0.39, 0.29) is 18.4 Å². The number of hydrazine groups is 2. The molecule has 1 heterocycles. The normalized spacial score (nSPS) is 25.8. The van der Waals surface area contributed by atoms with E-state index in [1.807, 2.05) is 0 Å². The summed E-state index contributed by atoms with van der Waals surface area (Å²) in [4.78, 5) is 0. The molecule has 1 rings (SSSR count). The van der Waals surface area contributed by atoms with Crippen molar-refractivity contribution in [1.82, 2.24) is 14.5 Å². The average Bonchev–Trinajstić information content (AvgIpc) is 2.23. The van der Waals surface area contributed by atoms with Crippen LogP contribution in [0.4, 0.5) is 0 Å². The second-order valence-corrected chi connectivity index (χ2v) is 18.6. The van der Waals surface area contributed by atoms with Crippen molar-refractivity contribution in [3.05, 3.63) is 0 Å². The maximum atomic E-state index is 2.77.